The third-order valence-corrected chi connectivity index (χ3v) is 10.7. The average molecular weight is 803 g/mol. The maximum absolute atomic E-state index is 5.14. The second-order valence-electron chi connectivity index (χ2n) is 14.6. The number of H-pyrrole nitrogens is 1. The summed E-state index contributed by atoms with van der Waals surface area (Å²) in [5, 5.41) is 2.37. The molecule has 4 heteroatoms. The van der Waals surface area contributed by atoms with Gasteiger partial charge in [-0.15, -0.1) is 0 Å². The summed E-state index contributed by atoms with van der Waals surface area (Å²) in [6, 6.07) is 70.4. The van der Waals surface area contributed by atoms with Crippen LogP contribution in [0, 0.1) is 0 Å². The van der Waals surface area contributed by atoms with Gasteiger partial charge in [0.05, 0.1) is 22.4 Å². The van der Waals surface area contributed by atoms with Crippen molar-refractivity contribution in [3.63, 3.8) is 0 Å². The fourth-order valence-corrected chi connectivity index (χ4v) is 7.81. The summed E-state index contributed by atoms with van der Waals surface area (Å²) < 4.78 is 0. The lowest BCUT2D eigenvalue weighted by Gasteiger charge is -2.26. The Morgan fingerprint density at radius 3 is 1.39 bits per heavy atom. The van der Waals surface area contributed by atoms with Crippen LogP contribution in [0.3, 0.4) is 0 Å². The first kappa shape index (κ1) is 40.9. The molecular formula is C58H50N4. The number of nitrogens with one attached hydrogen (secondary N) is 1. The van der Waals surface area contributed by atoms with Gasteiger partial charge in [0.25, 0.3) is 0 Å². The van der Waals surface area contributed by atoms with Gasteiger partial charge in [0.1, 0.15) is 0 Å². The molecule has 0 aliphatic heterocycles. The van der Waals surface area contributed by atoms with Gasteiger partial charge in [0.15, 0.2) is 0 Å². The summed E-state index contributed by atoms with van der Waals surface area (Å²) in [5.41, 5.74) is 15.8. The molecular weight excluding hydrogens is 753 g/mol. The molecule has 0 unspecified atom stereocenters. The molecule has 0 saturated heterocycles. The van der Waals surface area contributed by atoms with Crippen molar-refractivity contribution in [1.82, 2.24) is 15.0 Å². The lowest BCUT2D eigenvalue weighted by molar-refractivity contribution is 1.27. The van der Waals surface area contributed by atoms with E-state index in [1.807, 2.05) is 94.5 Å². The van der Waals surface area contributed by atoms with Gasteiger partial charge >= 0.3 is 0 Å². The van der Waals surface area contributed by atoms with E-state index in [0.29, 0.717) is 0 Å². The predicted molar refractivity (Wildman–Crippen MR) is 266 cm³/mol. The van der Waals surface area contributed by atoms with Gasteiger partial charge in [-0.05, 0) is 103 Å². The normalized spacial score (nSPS) is 11.1. The molecule has 0 saturated carbocycles. The van der Waals surface area contributed by atoms with Gasteiger partial charge in [0.2, 0.25) is 0 Å². The van der Waals surface area contributed by atoms with Crippen molar-refractivity contribution in [3.8, 4) is 44.8 Å². The first-order valence-corrected chi connectivity index (χ1v) is 21.4. The van der Waals surface area contributed by atoms with E-state index >= 15 is 0 Å². The summed E-state index contributed by atoms with van der Waals surface area (Å²) in [7, 11) is 0. The van der Waals surface area contributed by atoms with Gasteiger partial charge in [-0.1, -0.05) is 172 Å². The number of hydrogen-bond donors (Lipinski definition) is 1. The van der Waals surface area contributed by atoms with Crippen LogP contribution in [0.2, 0.25) is 0 Å². The van der Waals surface area contributed by atoms with E-state index in [1.54, 1.807) is 0 Å². The quantitative estimate of drug-likeness (QED) is 0.156. The Balaban J connectivity index is 0.000000612. The first-order chi connectivity index (χ1) is 30.7. The fraction of sp³-hybridized carbons (Fsp3) is 0.0690. The van der Waals surface area contributed by atoms with Crippen LogP contribution in [0.5, 0.6) is 0 Å². The van der Waals surface area contributed by atoms with Gasteiger partial charge in [-0.3, -0.25) is 0 Å². The van der Waals surface area contributed by atoms with E-state index in [9.17, 15) is 0 Å². The number of hydrogen-bond acceptors (Lipinski definition) is 3. The molecule has 10 aromatic rings. The van der Waals surface area contributed by atoms with E-state index in [4.69, 9.17) is 9.97 Å². The Morgan fingerprint density at radius 1 is 0.387 bits per heavy atom. The van der Waals surface area contributed by atoms with Crippen molar-refractivity contribution in [2.75, 3.05) is 4.90 Å². The van der Waals surface area contributed by atoms with E-state index in [-0.39, 0.29) is 0 Å². The third-order valence-electron chi connectivity index (χ3n) is 10.7. The van der Waals surface area contributed by atoms with Crippen LogP contribution in [0.1, 0.15) is 27.7 Å². The van der Waals surface area contributed by atoms with Crippen molar-refractivity contribution in [2.45, 2.75) is 27.7 Å². The molecule has 2 aromatic heterocycles. The van der Waals surface area contributed by atoms with Crippen LogP contribution in [-0.4, -0.2) is 15.0 Å². The van der Waals surface area contributed by atoms with Crippen molar-refractivity contribution in [2.24, 2.45) is 0 Å². The molecule has 0 spiro atoms. The summed E-state index contributed by atoms with van der Waals surface area (Å²) in [6.45, 7) is 8.00. The molecule has 302 valence electrons. The largest absolute Gasteiger partial charge is 0.355 e. The van der Waals surface area contributed by atoms with Gasteiger partial charge in [-0.2, -0.15) is 0 Å². The monoisotopic (exact) mass is 802 g/mol. The van der Waals surface area contributed by atoms with Crippen molar-refractivity contribution in [3.05, 3.63) is 224 Å². The van der Waals surface area contributed by atoms with Gasteiger partial charge < -0.3 is 9.88 Å². The first-order valence-electron chi connectivity index (χ1n) is 21.4. The second kappa shape index (κ2) is 19.5. The number of allylic oxidation sites excluding steroid dienone is 4. The molecule has 0 radical (unpaired) electrons. The van der Waals surface area contributed by atoms with Crippen LogP contribution in [0.4, 0.5) is 17.1 Å². The molecule has 62 heavy (non-hydrogen) atoms. The van der Waals surface area contributed by atoms with E-state index in [1.165, 1.54) is 33.0 Å². The third kappa shape index (κ3) is 8.72. The van der Waals surface area contributed by atoms with Crippen molar-refractivity contribution >= 4 is 49.9 Å². The Bertz CT molecular complexity index is 3080. The number of aromatic amines is 1. The van der Waals surface area contributed by atoms with Gasteiger partial charge in [-0.25, -0.2) is 9.97 Å². The van der Waals surface area contributed by atoms with E-state index in [0.717, 1.165) is 61.6 Å². The minimum absolute atomic E-state index is 0.863. The highest BCUT2D eigenvalue weighted by Gasteiger charge is 2.18. The number of aromatic nitrogens is 3. The minimum Gasteiger partial charge on any atom is -0.355 e. The molecule has 10 rings (SSSR count). The summed E-state index contributed by atoms with van der Waals surface area (Å²) in [5.74, 6) is 0. The highest BCUT2D eigenvalue weighted by Crippen LogP contribution is 2.41. The number of fused-ring (bicyclic) bond motifs is 4. The molecule has 2 heterocycles. The predicted octanol–water partition coefficient (Wildman–Crippen LogP) is 16.6. The van der Waals surface area contributed by atoms with Crippen LogP contribution < -0.4 is 4.90 Å². The smallest absolute Gasteiger partial charge is 0.0973 e. The Hall–Kier alpha value is -7.82. The maximum Gasteiger partial charge on any atom is 0.0973 e. The zero-order valence-electron chi connectivity index (χ0n) is 35.7. The Morgan fingerprint density at radius 2 is 0.806 bits per heavy atom. The van der Waals surface area contributed by atoms with E-state index < -0.39 is 0 Å². The molecule has 0 aliphatic carbocycles. The lowest BCUT2D eigenvalue weighted by atomic mass is 9.94. The molecule has 0 bridgehead atoms. The van der Waals surface area contributed by atoms with Crippen LogP contribution in [0.25, 0.3) is 77.6 Å². The SMILES string of the molecule is C/C=C\C=C/C.CC.c1ccc(-c2ccccc2-c2ccc3[nH]c4ccc(N(c5ccccc5)c5ccc(-c6nc7ccccc7nc6-c6ccccc6)cc5)cc4c3c2)cc1. The van der Waals surface area contributed by atoms with Crippen molar-refractivity contribution in [1.29, 1.82) is 0 Å². The molecule has 4 nitrogen and oxygen atoms in total. The van der Waals surface area contributed by atoms with Crippen LogP contribution in [-0.2, 0) is 0 Å². The number of rotatable bonds is 8. The fourth-order valence-electron chi connectivity index (χ4n) is 7.81. The zero-order chi connectivity index (χ0) is 42.7. The van der Waals surface area contributed by atoms with Gasteiger partial charge in [0, 0.05) is 50.0 Å². The Kier molecular flexibility index (Phi) is 12.9. The number of para-hydroxylation sites is 3. The standard InChI is InChI=1S/C50H34N4.C6H10.C2H6/c1-4-14-34(15-5-1)41-20-10-11-21-42(41)37-26-30-45-43(32-37)44-33-40(29-31-46(44)51-45)54(38-18-8-3-9-19-38)39-27-24-36(25-28-39)50-49(35-16-6-2-7-17-35)52-47-22-12-13-23-48(47)53-50;1-3-5-6-4-2;1-2/h1-33,51H;3-6H,1-2H3;1-2H3/b;5-3-,6-4-;. The summed E-state index contributed by atoms with van der Waals surface area (Å²) in [4.78, 5) is 16.2. The molecule has 1 N–H and O–H groups in total. The highest BCUT2D eigenvalue weighted by molar-refractivity contribution is 6.10. The number of anilines is 3. The number of benzene rings is 8. The molecule has 0 fully saturated rings. The molecule has 8 aromatic carbocycles. The molecule has 0 amide bonds. The van der Waals surface area contributed by atoms with Crippen LogP contribution in [0.15, 0.2) is 224 Å². The highest BCUT2D eigenvalue weighted by atomic mass is 15.1. The molecule has 0 aliphatic rings. The Labute approximate surface area is 365 Å². The van der Waals surface area contributed by atoms with Crippen LogP contribution >= 0.6 is 0 Å². The summed E-state index contributed by atoms with van der Waals surface area (Å²) >= 11 is 0. The van der Waals surface area contributed by atoms with E-state index in [2.05, 4.69) is 168 Å². The molecule has 0 atom stereocenters. The zero-order valence-corrected chi connectivity index (χ0v) is 35.7. The second-order valence-corrected chi connectivity index (χ2v) is 14.6. The van der Waals surface area contributed by atoms with Crippen molar-refractivity contribution < 1.29 is 0 Å². The minimum atomic E-state index is 0.863. The topological polar surface area (TPSA) is 44.8 Å². The maximum atomic E-state index is 5.14. The number of nitrogens with zero attached hydrogens (tertiary/aromatic N) is 3. The summed E-state index contributed by atoms with van der Waals surface area (Å²) in [6.07, 6.45) is 8.00. The average Bonchev–Trinajstić information content (AvgIpc) is 3.72. The lowest BCUT2D eigenvalue weighted by Crippen LogP contribution is -2.09.